The van der Waals surface area contributed by atoms with E-state index < -0.39 is 0 Å². The molecule has 90 valence electrons. The van der Waals surface area contributed by atoms with Gasteiger partial charge < -0.3 is 5.32 Å². The number of hydrogen-bond acceptors (Lipinski definition) is 4. The summed E-state index contributed by atoms with van der Waals surface area (Å²) in [6.45, 7) is 9.72. The fourth-order valence-electron chi connectivity index (χ4n) is 2.12. The molecule has 0 spiro atoms. The van der Waals surface area contributed by atoms with Gasteiger partial charge in [-0.1, -0.05) is 5.21 Å². The Hall–Kier alpha value is -0.940. The highest BCUT2D eigenvalue weighted by Gasteiger charge is 2.32. The van der Waals surface area contributed by atoms with Gasteiger partial charge in [0.1, 0.15) is 0 Å². The van der Waals surface area contributed by atoms with Gasteiger partial charge in [0.15, 0.2) is 0 Å². The first-order valence-electron chi connectivity index (χ1n) is 5.81. The van der Waals surface area contributed by atoms with Crippen LogP contribution in [0.2, 0.25) is 0 Å². The number of aryl methyl sites for hydroxylation is 1. The summed E-state index contributed by atoms with van der Waals surface area (Å²) in [6.07, 6.45) is 1.99. The van der Waals surface area contributed by atoms with Gasteiger partial charge in [0, 0.05) is 44.5 Å². The van der Waals surface area contributed by atoms with Gasteiger partial charge in [0.2, 0.25) is 0 Å². The van der Waals surface area contributed by atoms with Crippen molar-refractivity contribution in [1.29, 1.82) is 0 Å². The van der Waals surface area contributed by atoms with Gasteiger partial charge in [0.05, 0.1) is 5.69 Å². The van der Waals surface area contributed by atoms with Crippen molar-refractivity contribution in [2.45, 2.75) is 38.9 Å². The van der Waals surface area contributed by atoms with Crippen LogP contribution in [0, 0.1) is 0 Å². The van der Waals surface area contributed by atoms with E-state index in [-0.39, 0.29) is 5.54 Å². The van der Waals surface area contributed by atoms with Crippen molar-refractivity contribution in [3.8, 4) is 0 Å². The monoisotopic (exact) mass is 223 g/mol. The van der Waals surface area contributed by atoms with E-state index in [4.69, 9.17) is 0 Å². The standard InChI is InChI=1S/C11H21N5/c1-9-5-16(11(2,3)8-12-9)7-10-6-15(4)14-13-10/h6,9,12H,5,7-8H2,1-4H3. The molecule has 2 heterocycles. The van der Waals surface area contributed by atoms with Crippen LogP contribution >= 0.6 is 0 Å². The van der Waals surface area contributed by atoms with Crippen LogP contribution in [0.1, 0.15) is 26.5 Å². The van der Waals surface area contributed by atoms with E-state index in [0.717, 1.165) is 25.3 Å². The Morgan fingerprint density at radius 2 is 2.31 bits per heavy atom. The van der Waals surface area contributed by atoms with E-state index in [0.29, 0.717) is 6.04 Å². The molecule has 5 nitrogen and oxygen atoms in total. The van der Waals surface area contributed by atoms with Crippen LogP contribution in [0.5, 0.6) is 0 Å². The van der Waals surface area contributed by atoms with Gasteiger partial charge in [-0.2, -0.15) is 0 Å². The van der Waals surface area contributed by atoms with Gasteiger partial charge >= 0.3 is 0 Å². The number of rotatable bonds is 2. The maximum absolute atomic E-state index is 4.15. The molecular formula is C11H21N5. The topological polar surface area (TPSA) is 46.0 Å². The molecule has 0 saturated carbocycles. The van der Waals surface area contributed by atoms with Crippen LogP contribution in [0.3, 0.4) is 0 Å². The minimum absolute atomic E-state index is 0.185. The molecule has 0 aromatic carbocycles. The molecule has 5 heteroatoms. The smallest absolute Gasteiger partial charge is 0.0967 e. The predicted molar refractivity (Wildman–Crippen MR) is 63.0 cm³/mol. The Morgan fingerprint density at radius 3 is 2.94 bits per heavy atom. The molecule has 0 radical (unpaired) electrons. The average molecular weight is 223 g/mol. The third-order valence-electron chi connectivity index (χ3n) is 3.24. The van der Waals surface area contributed by atoms with Crippen molar-refractivity contribution < 1.29 is 0 Å². The first-order chi connectivity index (χ1) is 7.47. The molecule has 0 aliphatic carbocycles. The van der Waals surface area contributed by atoms with E-state index in [1.54, 1.807) is 4.68 Å². The molecule has 16 heavy (non-hydrogen) atoms. The Balaban J connectivity index is 2.06. The van der Waals surface area contributed by atoms with Crippen molar-refractivity contribution in [1.82, 2.24) is 25.2 Å². The van der Waals surface area contributed by atoms with Gasteiger partial charge in [-0.25, -0.2) is 0 Å². The number of nitrogens with zero attached hydrogens (tertiary/aromatic N) is 4. The highest BCUT2D eigenvalue weighted by atomic mass is 15.4. The summed E-state index contributed by atoms with van der Waals surface area (Å²) in [5, 5.41) is 11.6. The fraction of sp³-hybridized carbons (Fsp3) is 0.818. The number of nitrogens with one attached hydrogen (secondary N) is 1. The Morgan fingerprint density at radius 1 is 1.56 bits per heavy atom. The summed E-state index contributed by atoms with van der Waals surface area (Å²) < 4.78 is 1.76. The van der Waals surface area contributed by atoms with Gasteiger partial charge in [-0.05, 0) is 20.8 Å². The van der Waals surface area contributed by atoms with Crippen LogP contribution in [0.15, 0.2) is 6.20 Å². The zero-order valence-corrected chi connectivity index (χ0v) is 10.6. The molecule has 0 bridgehead atoms. The lowest BCUT2D eigenvalue weighted by Crippen LogP contribution is -2.60. The maximum atomic E-state index is 4.15. The van der Waals surface area contributed by atoms with Crippen LogP contribution in [0.4, 0.5) is 0 Å². The van der Waals surface area contributed by atoms with E-state index in [2.05, 4.69) is 41.3 Å². The molecule has 1 fully saturated rings. The SMILES string of the molecule is CC1CN(Cc2cn(C)nn2)C(C)(C)CN1. The zero-order valence-electron chi connectivity index (χ0n) is 10.6. The fourth-order valence-corrected chi connectivity index (χ4v) is 2.12. The molecule has 1 saturated heterocycles. The minimum Gasteiger partial charge on any atom is -0.311 e. The summed E-state index contributed by atoms with van der Waals surface area (Å²) >= 11 is 0. The molecule has 1 unspecified atom stereocenters. The van der Waals surface area contributed by atoms with Crippen molar-refractivity contribution >= 4 is 0 Å². The maximum Gasteiger partial charge on any atom is 0.0967 e. The predicted octanol–water partition coefficient (Wildman–Crippen LogP) is 0.387. The summed E-state index contributed by atoms with van der Waals surface area (Å²) in [4.78, 5) is 2.47. The highest BCUT2D eigenvalue weighted by molar-refractivity contribution is 4.98. The molecule has 1 aromatic rings. The van der Waals surface area contributed by atoms with E-state index in [9.17, 15) is 0 Å². The normalized spacial score (nSPS) is 25.9. The lowest BCUT2D eigenvalue weighted by atomic mass is 9.97. The minimum atomic E-state index is 0.185. The first kappa shape index (κ1) is 11.5. The average Bonchev–Trinajstić information content (AvgIpc) is 2.59. The Labute approximate surface area is 96.8 Å². The second kappa shape index (κ2) is 4.14. The van der Waals surface area contributed by atoms with Crippen molar-refractivity contribution in [3.05, 3.63) is 11.9 Å². The third kappa shape index (κ3) is 2.41. The van der Waals surface area contributed by atoms with E-state index in [1.165, 1.54) is 0 Å². The molecule has 1 aliphatic rings. The largest absolute Gasteiger partial charge is 0.311 e. The molecular weight excluding hydrogens is 202 g/mol. The van der Waals surface area contributed by atoms with E-state index in [1.807, 2.05) is 13.2 Å². The van der Waals surface area contributed by atoms with Gasteiger partial charge in [0.25, 0.3) is 0 Å². The molecule has 0 amide bonds. The zero-order chi connectivity index (χ0) is 11.8. The lowest BCUT2D eigenvalue weighted by Gasteiger charge is -2.45. The Bertz CT molecular complexity index is 357. The second-order valence-corrected chi connectivity index (χ2v) is 5.36. The number of aromatic nitrogens is 3. The molecule has 1 atom stereocenters. The second-order valence-electron chi connectivity index (χ2n) is 5.36. The summed E-state index contributed by atoms with van der Waals surface area (Å²) in [5.74, 6) is 0. The first-order valence-corrected chi connectivity index (χ1v) is 5.81. The number of hydrogen-bond donors (Lipinski definition) is 1. The molecule has 1 N–H and O–H groups in total. The van der Waals surface area contributed by atoms with E-state index >= 15 is 0 Å². The number of piperazine rings is 1. The van der Waals surface area contributed by atoms with Gasteiger partial charge in [-0.15, -0.1) is 5.10 Å². The Kier molecular flexibility index (Phi) is 2.99. The van der Waals surface area contributed by atoms with Crippen LogP contribution in [-0.2, 0) is 13.6 Å². The third-order valence-corrected chi connectivity index (χ3v) is 3.24. The van der Waals surface area contributed by atoms with Crippen LogP contribution < -0.4 is 5.32 Å². The molecule has 1 aliphatic heterocycles. The lowest BCUT2D eigenvalue weighted by molar-refractivity contribution is 0.0614. The quantitative estimate of drug-likeness (QED) is 0.788. The van der Waals surface area contributed by atoms with Crippen molar-refractivity contribution in [2.75, 3.05) is 13.1 Å². The van der Waals surface area contributed by atoms with Crippen LogP contribution in [-0.4, -0.2) is 44.6 Å². The summed E-state index contributed by atoms with van der Waals surface area (Å²) in [6, 6.07) is 0.546. The molecule has 1 aromatic heterocycles. The van der Waals surface area contributed by atoms with Gasteiger partial charge in [-0.3, -0.25) is 9.58 Å². The summed E-state index contributed by atoms with van der Waals surface area (Å²) in [7, 11) is 1.90. The van der Waals surface area contributed by atoms with Crippen LogP contribution in [0.25, 0.3) is 0 Å². The summed E-state index contributed by atoms with van der Waals surface area (Å²) in [5.41, 5.74) is 1.23. The van der Waals surface area contributed by atoms with Crippen molar-refractivity contribution in [3.63, 3.8) is 0 Å². The van der Waals surface area contributed by atoms with Crippen molar-refractivity contribution in [2.24, 2.45) is 7.05 Å². The highest BCUT2D eigenvalue weighted by Crippen LogP contribution is 2.20. The molecule has 2 rings (SSSR count).